The predicted octanol–water partition coefficient (Wildman–Crippen LogP) is 3.78. The maximum Gasteiger partial charge on any atom is 0.0354 e. The van der Waals surface area contributed by atoms with E-state index in [4.69, 9.17) is 5.73 Å². The topological polar surface area (TPSA) is 38.0 Å². The summed E-state index contributed by atoms with van der Waals surface area (Å²) < 4.78 is 1.14. The molecule has 3 aliphatic rings. The van der Waals surface area contributed by atoms with Crippen LogP contribution in [-0.4, -0.2) is 18.1 Å². The number of nitrogens with one attached hydrogen (secondary N) is 1. The predicted molar refractivity (Wildman–Crippen MR) is 98.7 cm³/mol. The normalized spacial score (nSPS) is 29.7. The molecule has 2 aromatic carbocycles. The SMILES string of the molecule is NC12CCC(Cc3ccccc3C1Cc1cccc(Br)c1)NC2. The van der Waals surface area contributed by atoms with E-state index in [1.807, 2.05) is 0 Å². The maximum absolute atomic E-state index is 6.94. The third kappa shape index (κ3) is 2.98. The van der Waals surface area contributed by atoms with Crippen LogP contribution < -0.4 is 11.1 Å². The molecule has 2 bridgehead atoms. The largest absolute Gasteiger partial charge is 0.323 e. The first-order valence-corrected chi connectivity index (χ1v) is 9.28. The molecule has 2 aromatic rings. The third-order valence-corrected chi connectivity index (χ3v) is 6.09. The van der Waals surface area contributed by atoms with E-state index in [1.165, 1.54) is 23.1 Å². The van der Waals surface area contributed by atoms with Gasteiger partial charge in [0.05, 0.1) is 0 Å². The minimum atomic E-state index is -0.157. The van der Waals surface area contributed by atoms with E-state index in [1.54, 1.807) is 0 Å². The third-order valence-electron chi connectivity index (χ3n) is 5.60. The van der Waals surface area contributed by atoms with Gasteiger partial charge >= 0.3 is 0 Å². The van der Waals surface area contributed by atoms with Crippen LogP contribution in [0.4, 0.5) is 0 Å². The Kier molecular flexibility index (Phi) is 4.04. The number of nitrogens with two attached hydrogens (primary N) is 1. The molecule has 0 amide bonds. The lowest BCUT2D eigenvalue weighted by Gasteiger charge is -2.47. The van der Waals surface area contributed by atoms with E-state index < -0.39 is 0 Å². The standard InChI is InChI=1S/C20H23BrN2/c21-16-6-3-4-14(10-16)11-19-18-7-2-1-5-15(18)12-17-8-9-20(19,22)13-23-17/h1-7,10,17,19,23H,8-9,11-13,22H2. The van der Waals surface area contributed by atoms with Gasteiger partial charge in [0, 0.05) is 28.5 Å². The van der Waals surface area contributed by atoms with Crippen LogP contribution in [-0.2, 0) is 12.8 Å². The summed E-state index contributed by atoms with van der Waals surface area (Å²) in [6.45, 7) is 0.921. The van der Waals surface area contributed by atoms with Crippen molar-refractivity contribution in [2.75, 3.05) is 6.54 Å². The molecule has 1 fully saturated rings. The van der Waals surface area contributed by atoms with E-state index in [0.29, 0.717) is 12.0 Å². The second kappa shape index (κ2) is 6.04. The van der Waals surface area contributed by atoms with Crippen LogP contribution in [0.2, 0.25) is 0 Å². The second-order valence-corrected chi connectivity index (χ2v) is 8.05. The molecule has 3 atom stereocenters. The number of fused-ring (bicyclic) bond motifs is 2. The van der Waals surface area contributed by atoms with Crippen LogP contribution in [0, 0.1) is 0 Å². The van der Waals surface area contributed by atoms with Crippen molar-refractivity contribution in [1.29, 1.82) is 0 Å². The van der Waals surface area contributed by atoms with Gasteiger partial charge in [0.2, 0.25) is 0 Å². The van der Waals surface area contributed by atoms with Crippen molar-refractivity contribution in [2.45, 2.75) is 43.2 Å². The minimum Gasteiger partial charge on any atom is -0.323 e. The first kappa shape index (κ1) is 15.4. The first-order valence-electron chi connectivity index (χ1n) is 8.48. The fourth-order valence-corrected chi connectivity index (χ4v) is 4.73. The van der Waals surface area contributed by atoms with Crippen LogP contribution in [0.3, 0.4) is 0 Å². The van der Waals surface area contributed by atoms with E-state index in [2.05, 4.69) is 69.8 Å². The van der Waals surface area contributed by atoms with E-state index in [-0.39, 0.29) is 5.54 Å². The highest BCUT2D eigenvalue weighted by Crippen LogP contribution is 2.40. The molecule has 3 unspecified atom stereocenters. The Morgan fingerprint density at radius 1 is 1.17 bits per heavy atom. The average molecular weight is 371 g/mol. The zero-order chi connectivity index (χ0) is 15.9. The Balaban J connectivity index is 1.78. The molecule has 23 heavy (non-hydrogen) atoms. The fourth-order valence-electron chi connectivity index (χ4n) is 4.29. The highest BCUT2D eigenvalue weighted by molar-refractivity contribution is 9.10. The monoisotopic (exact) mass is 370 g/mol. The quantitative estimate of drug-likeness (QED) is 0.843. The Labute approximate surface area is 146 Å². The summed E-state index contributed by atoms with van der Waals surface area (Å²) >= 11 is 3.60. The highest BCUT2D eigenvalue weighted by atomic mass is 79.9. The van der Waals surface area contributed by atoms with Gasteiger partial charge in [-0.1, -0.05) is 52.3 Å². The fraction of sp³-hybridized carbons (Fsp3) is 0.400. The maximum atomic E-state index is 6.94. The van der Waals surface area contributed by atoms with Crippen molar-refractivity contribution in [1.82, 2.24) is 5.32 Å². The first-order chi connectivity index (χ1) is 11.1. The zero-order valence-corrected chi connectivity index (χ0v) is 14.9. The second-order valence-electron chi connectivity index (χ2n) is 7.14. The molecule has 5 rings (SSSR count). The van der Waals surface area contributed by atoms with Gasteiger partial charge in [-0.15, -0.1) is 0 Å². The van der Waals surface area contributed by atoms with Crippen LogP contribution in [0.1, 0.15) is 35.4 Å². The summed E-state index contributed by atoms with van der Waals surface area (Å²) in [6, 6.07) is 18.1. The van der Waals surface area contributed by atoms with Crippen molar-refractivity contribution in [3.63, 3.8) is 0 Å². The summed E-state index contributed by atoms with van der Waals surface area (Å²) in [5.74, 6) is 0.363. The van der Waals surface area contributed by atoms with Crippen LogP contribution in [0.5, 0.6) is 0 Å². The number of rotatable bonds is 2. The molecule has 0 spiro atoms. The summed E-state index contributed by atoms with van der Waals surface area (Å²) in [6.07, 6.45) is 4.41. The molecular weight excluding hydrogens is 348 g/mol. The minimum absolute atomic E-state index is 0.157. The molecule has 2 aliphatic heterocycles. The molecule has 120 valence electrons. The molecule has 3 heteroatoms. The molecule has 1 aliphatic carbocycles. The Hall–Kier alpha value is -1.16. The average Bonchev–Trinajstić information content (AvgIpc) is 2.54. The van der Waals surface area contributed by atoms with Gasteiger partial charge < -0.3 is 11.1 Å². The van der Waals surface area contributed by atoms with Gasteiger partial charge in [-0.05, 0) is 54.5 Å². The number of halogens is 1. The van der Waals surface area contributed by atoms with Gasteiger partial charge in [-0.3, -0.25) is 0 Å². The van der Waals surface area contributed by atoms with Crippen molar-refractivity contribution in [2.24, 2.45) is 5.73 Å². The molecule has 0 radical (unpaired) electrons. The molecule has 2 heterocycles. The molecule has 0 aromatic heterocycles. The Bertz CT molecular complexity index is 704. The van der Waals surface area contributed by atoms with Crippen molar-refractivity contribution in [3.05, 3.63) is 69.7 Å². The molecule has 3 N–H and O–H groups in total. The number of piperidine rings is 1. The zero-order valence-electron chi connectivity index (χ0n) is 13.3. The van der Waals surface area contributed by atoms with Gasteiger partial charge in [-0.2, -0.15) is 0 Å². The molecular formula is C20H23BrN2. The Morgan fingerprint density at radius 2 is 2.04 bits per heavy atom. The summed E-state index contributed by atoms with van der Waals surface area (Å²) in [7, 11) is 0. The Morgan fingerprint density at radius 3 is 2.83 bits per heavy atom. The van der Waals surface area contributed by atoms with Crippen LogP contribution >= 0.6 is 15.9 Å². The van der Waals surface area contributed by atoms with Crippen LogP contribution in [0.15, 0.2) is 53.0 Å². The molecule has 1 saturated heterocycles. The van der Waals surface area contributed by atoms with Gasteiger partial charge in [0.1, 0.15) is 0 Å². The lowest BCUT2D eigenvalue weighted by atomic mass is 9.67. The van der Waals surface area contributed by atoms with Gasteiger partial charge in [0.25, 0.3) is 0 Å². The molecule has 0 saturated carbocycles. The number of benzene rings is 2. The van der Waals surface area contributed by atoms with Crippen molar-refractivity contribution >= 4 is 15.9 Å². The van der Waals surface area contributed by atoms with Crippen LogP contribution in [0.25, 0.3) is 0 Å². The summed E-state index contributed by atoms with van der Waals surface area (Å²) in [5, 5.41) is 3.70. The van der Waals surface area contributed by atoms with Gasteiger partial charge in [-0.25, -0.2) is 0 Å². The van der Waals surface area contributed by atoms with Crippen molar-refractivity contribution in [3.8, 4) is 0 Å². The van der Waals surface area contributed by atoms with E-state index >= 15 is 0 Å². The summed E-state index contributed by atoms with van der Waals surface area (Å²) in [4.78, 5) is 0. The lowest BCUT2D eigenvalue weighted by Crippen LogP contribution is -2.61. The molecule has 2 nitrogen and oxygen atoms in total. The highest BCUT2D eigenvalue weighted by Gasteiger charge is 2.42. The smallest absolute Gasteiger partial charge is 0.0354 e. The van der Waals surface area contributed by atoms with Crippen molar-refractivity contribution < 1.29 is 0 Å². The summed E-state index contributed by atoms with van der Waals surface area (Å²) in [5.41, 5.74) is 11.1. The lowest BCUT2D eigenvalue weighted by molar-refractivity contribution is 0.214. The van der Waals surface area contributed by atoms with E-state index in [0.717, 1.165) is 30.3 Å². The number of hydrogen-bond acceptors (Lipinski definition) is 2. The number of hydrogen-bond donors (Lipinski definition) is 2. The van der Waals surface area contributed by atoms with Gasteiger partial charge in [0.15, 0.2) is 0 Å². The van der Waals surface area contributed by atoms with E-state index in [9.17, 15) is 0 Å².